The van der Waals surface area contributed by atoms with Crippen molar-refractivity contribution in [3.63, 3.8) is 0 Å². The predicted molar refractivity (Wildman–Crippen MR) is 133 cm³/mol. The Morgan fingerprint density at radius 3 is 2.53 bits per heavy atom. The first kappa shape index (κ1) is 21.7. The number of anilines is 1. The van der Waals surface area contributed by atoms with Gasteiger partial charge >= 0.3 is 0 Å². The molecule has 2 saturated heterocycles. The molecule has 0 spiro atoms. The smallest absolute Gasteiger partial charge is 0.225 e. The molecule has 3 aromatic heterocycles. The molecule has 0 amide bonds. The minimum atomic E-state index is -0.123. The molecule has 8 nitrogen and oxygen atoms in total. The molecule has 1 aromatic carbocycles. The third-order valence-corrected chi connectivity index (χ3v) is 8.00. The number of nitrogens with zero attached hydrogens (tertiary/aromatic N) is 7. The van der Waals surface area contributed by atoms with Gasteiger partial charge in [0.25, 0.3) is 0 Å². The fourth-order valence-electron chi connectivity index (χ4n) is 6.08. The molecule has 6 heterocycles. The average Bonchev–Trinajstić information content (AvgIpc) is 3.67. The summed E-state index contributed by atoms with van der Waals surface area (Å²) >= 11 is 0. The molecular formula is C27H28FN7O. The summed E-state index contributed by atoms with van der Waals surface area (Å²) in [6.45, 7) is 3.27. The van der Waals surface area contributed by atoms with Crippen molar-refractivity contribution in [1.29, 1.82) is 0 Å². The zero-order valence-corrected chi connectivity index (χ0v) is 20.0. The molecule has 4 aromatic rings. The van der Waals surface area contributed by atoms with Gasteiger partial charge in [0, 0.05) is 67.1 Å². The van der Waals surface area contributed by atoms with E-state index in [1.165, 1.54) is 0 Å². The molecule has 184 valence electrons. The number of rotatable bonds is 4. The second kappa shape index (κ2) is 8.81. The first-order valence-corrected chi connectivity index (χ1v) is 12.8. The quantitative estimate of drug-likeness (QED) is 0.423. The third kappa shape index (κ3) is 3.61. The first-order chi connectivity index (χ1) is 17.8. The summed E-state index contributed by atoms with van der Waals surface area (Å²) in [6.07, 6.45) is 15.3. The van der Waals surface area contributed by atoms with Gasteiger partial charge in [-0.15, -0.1) is 0 Å². The van der Waals surface area contributed by atoms with Gasteiger partial charge in [0.15, 0.2) is 0 Å². The predicted octanol–water partition coefficient (Wildman–Crippen LogP) is 4.51. The van der Waals surface area contributed by atoms with Crippen molar-refractivity contribution in [3.8, 4) is 22.4 Å². The molecule has 1 unspecified atom stereocenters. The zero-order chi connectivity index (χ0) is 24.1. The molecule has 0 N–H and O–H groups in total. The Balaban J connectivity index is 1.04. The fraction of sp³-hybridized carbons (Fsp3) is 0.407. The summed E-state index contributed by atoms with van der Waals surface area (Å²) in [5, 5.41) is 4.57. The number of fused-ring (bicyclic) bond motifs is 3. The highest BCUT2D eigenvalue weighted by atomic mass is 19.1. The Hall–Kier alpha value is -3.59. The maximum absolute atomic E-state index is 14.9. The number of benzene rings is 1. The lowest BCUT2D eigenvalue weighted by Gasteiger charge is -2.35. The second-order valence-electron chi connectivity index (χ2n) is 9.98. The van der Waals surface area contributed by atoms with E-state index in [0.29, 0.717) is 12.0 Å². The van der Waals surface area contributed by atoms with E-state index in [4.69, 9.17) is 4.74 Å². The number of hydrogen-bond donors (Lipinski definition) is 0. The summed E-state index contributed by atoms with van der Waals surface area (Å²) in [5.41, 5.74) is 4.80. The van der Waals surface area contributed by atoms with Crippen LogP contribution in [0.3, 0.4) is 0 Å². The van der Waals surface area contributed by atoms with Crippen molar-refractivity contribution in [2.75, 3.05) is 31.2 Å². The highest BCUT2D eigenvalue weighted by Crippen LogP contribution is 2.46. The Bertz CT molecular complexity index is 1370. The highest BCUT2D eigenvalue weighted by Gasteiger charge is 2.38. The fourth-order valence-corrected chi connectivity index (χ4v) is 6.08. The Morgan fingerprint density at radius 1 is 0.917 bits per heavy atom. The van der Waals surface area contributed by atoms with Crippen LogP contribution in [0.4, 0.5) is 10.3 Å². The van der Waals surface area contributed by atoms with Crippen molar-refractivity contribution in [3.05, 3.63) is 66.9 Å². The molecule has 9 heteroatoms. The van der Waals surface area contributed by atoms with Gasteiger partial charge in [-0.1, -0.05) is 12.1 Å². The van der Waals surface area contributed by atoms with Gasteiger partial charge in [0.2, 0.25) is 5.95 Å². The Labute approximate surface area is 208 Å². The molecule has 7 rings (SSSR count). The number of imidazole rings is 1. The number of aromatic nitrogens is 6. The molecule has 0 aliphatic carbocycles. The average molecular weight is 486 g/mol. The minimum absolute atomic E-state index is 0.00333. The van der Waals surface area contributed by atoms with E-state index in [0.717, 1.165) is 85.9 Å². The zero-order valence-electron chi connectivity index (χ0n) is 20.0. The lowest BCUT2D eigenvalue weighted by Crippen LogP contribution is -2.37. The summed E-state index contributed by atoms with van der Waals surface area (Å²) in [6, 6.07) is 5.75. The van der Waals surface area contributed by atoms with E-state index in [2.05, 4.69) is 35.7 Å². The second-order valence-corrected chi connectivity index (χ2v) is 9.98. The van der Waals surface area contributed by atoms with E-state index in [1.54, 1.807) is 12.1 Å². The highest BCUT2D eigenvalue weighted by molar-refractivity contribution is 5.69. The van der Waals surface area contributed by atoms with Crippen LogP contribution in [-0.4, -0.2) is 55.6 Å². The Morgan fingerprint density at radius 2 is 1.72 bits per heavy atom. The van der Waals surface area contributed by atoms with Crippen molar-refractivity contribution in [2.45, 2.75) is 37.8 Å². The van der Waals surface area contributed by atoms with E-state index in [-0.39, 0.29) is 11.9 Å². The van der Waals surface area contributed by atoms with Gasteiger partial charge in [-0.05, 0) is 37.7 Å². The normalized spacial score (nSPS) is 20.5. The molecule has 2 fully saturated rings. The van der Waals surface area contributed by atoms with Crippen LogP contribution in [0.25, 0.3) is 22.4 Å². The largest absolute Gasteiger partial charge is 0.381 e. The van der Waals surface area contributed by atoms with Gasteiger partial charge in [-0.2, -0.15) is 5.10 Å². The SMILES string of the molecule is Fc1cccc2c1C(C1CCN(c3ncc(-c4cnn(C5CCOCC5)c4)cn3)CC1)n1cncc1-2. The van der Waals surface area contributed by atoms with Crippen LogP contribution in [0.5, 0.6) is 0 Å². The first-order valence-electron chi connectivity index (χ1n) is 12.8. The molecular weight excluding hydrogens is 457 g/mol. The van der Waals surface area contributed by atoms with Crippen LogP contribution in [0.2, 0.25) is 0 Å². The van der Waals surface area contributed by atoms with Gasteiger partial charge in [-0.25, -0.2) is 19.3 Å². The number of halogens is 1. The van der Waals surface area contributed by atoms with E-state index >= 15 is 0 Å². The van der Waals surface area contributed by atoms with Crippen LogP contribution in [0, 0.1) is 11.7 Å². The van der Waals surface area contributed by atoms with Gasteiger partial charge in [0.05, 0.1) is 36.5 Å². The van der Waals surface area contributed by atoms with Crippen molar-refractivity contribution in [1.82, 2.24) is 29.3 Å². The number of ether oxygens (including phenoxy) is 1. The molecule has 3 aliphatic heterocycles. The molecule has 1 atom stereocenters. The topological polar surface area (TPSA) is 73.9 Å². The van der Waals surface area contributed by atoms with Crippen molar-refractivity contribution in [2.24, 2.45) is 5.92 Å². The van der Waals surface area contributed by atoms with Crippen molar-refractivity contribution >= 4 is 5.95 Å². The molecule has 3 aliphatic rings. The monoisotopic (exact) mass is 485 g/mol. The van der Waals surface area contributed by atoms with Crippen LogP contribution in [0.1, 0.15) is 43.3 Å². The number of piperidine rings is 1. The Kier molecular flexibility index (Phi) is 5.31. The summed E-state index contributed by atoms with van der Waals surface area (Å²) in [4.78, 5) is 15.9. The maximum Gasteiger partial charge on any atom is 0.225 e. The van der Waals surface area contributed by atoms with Gasteiger partial charge < -0.3 is 14.2 Å². The summed E-state index contributed by atoms with van der Waals surface area (Å²) in [5.74, 6) is 0.959. The molecule has 0 saturated carbocycles. The van der Waals surface area contributed by atoms with Crippen LogP contribution >= 0.6 is 0 Å². The lowest BCUT2D eigenvalue weighted by molar-refractivity contribution is 0.0662. The third-order valence-electron chi connectivity index (χ3n) is 8.00. The van der Waals surface area contributed by atoms with Crippen LogP contribution in [0.15, 0.2) is 55.5 Å². The molecule has 36 heavy (non-hydrogen) atoms. The van der Waals surface area contributed by atoms with Crippen LogP contribution in [-0.2, 0) is 4.74 Å². The van der Waals surface area contributed by atoms with E-state index in [9.17, 15) is 4.39 Å². The van der Waals surface area contributed by atoms with Gasteiger partial charge in [-0.3, -0.25) is 4.68 Å². The molecule has 0 radical (unpaired) electrons. The van der Waals surface area contributed by atoms with Crippen LogP contribution < -0.4 is 4.90 Å². The number of hydrogen-bond acceptors (Lipinski definition) is 6. The summed E-state index contributed by atoms with van der Waals surface area (Å²) in [7, 11) is 0. The molecule has 0 bridgehead atoms. The summed E-state index contributed by atoms with van der Waals surface area (Å²) < 4.78 is 24.6. The van der Waals surface area contributed by atoms with Gasteiger partial charge in [0.1, 0.15) is 5.82 Å². The maximum atomic E-state index is 14.9. The van der Waals surface area contributed by atoms with E-state index < -0.39 is 0 Å². The van der Waals surface area contributed by atoms with E-state index in [1.807, 2.05) is 41.9 Å². The van der Waals surface area contributed by atoms with Crippen molar-refractivity contribution < 1.29 is 9.13 Å². The standard InChI is InChI=1S/C27H28FN7O/c28-23-3-1-2-22-24-15-29-17-34(24)26(25(22)23)18-4-8-33(9-5-18)27-30-12-19(13-31-27)20-14-32-35(16-20)21-6-10-36-11-7-21/h1-3,12-18,21,26H,4-11H2. The lowest BCUT2D eigenvalue weighted by atomic mass is 9.85. The minimum Gasteiger partial charge on any atom is -0.381 e.